The Morgan fingerprint density at radius 2 is 2.42 bits per heavy atom. The molecule has 2 aromatic heterocycles. The van der Waals surface area contributed by atoms with Crippen LogP contribution in [-0.4, -0.2) is 39.8 Å². The molecule has 0 aromatic carbocycles. The lowest BCUT2D eigenvalue weighted by Gasteiger charge is -2.31. The van der Waals surface area contributed by atoms with Crippen LogP contribution in [0.4, 0.5) is 11.6 Å². The zero-order chi connectivity index (χ0) is 17.1. The Morgan fingerprint density at radius 1 is 1.58 bits per heavy atom. The van der Waals surface area contributed by atoms with Gasteiger partial charge in [-0.3, -0.25) is 4.79 Å². The van der Waals surface area contributed by atoms with Gasteiger partial charge >= 0.3 is 5.82 Å². The molecule has 130 valence electrons. The summed E-state index contributed by atoms with van der Waals surface area (Å²) in [6, 6.07) is 0. The van der Waals surface area contributed by atoms with E-state index in [0.29, 0.717) is 30.4 Å². The Balaban J connectivity index is 1.77. The normalized spacial score (nSPS) is 18.0. The summed E-state index contributed by atoms with van der Waals surface area (Å²) < 4.78 is 1.50. The van der Waals surface area contributed by atoms with Crippen molar-refractivity contribution < 1.29 is 9.72 Å². The first-order chi connectivity index (χ1) is 11.6. The van der Waals surface area contributed by atoms with Crippen molar-refractivity contribution in [3.8, 4) is 0 Å². The second kappa shape index (κ2) is 7.16. The molecule has 0 spiro atoms. The number of nitrogens with zero attached hydrogens (tertiary/aromatic N) is 4. The molecule has 9 heteroatoms. The number of piperidine rings is 1. The lowest BCUT2D eigenvalue weighted by atomic mass is 9.97. The summed E-state index contributed by atoms with van der Waals surface area (Å²) in [6.45, 7) is 3.93. The van der Waals surface area contributed by atoms with Crippen molar-refractivity contribution in [2.45, 2.75) is 32.6 Å². The van der Waals surface area contributed by atoms with Crippen LogP contribution in [0.5, 0.6) is 0 Å². The van der Waals surface area contributed by atoms with Gasteiger partial charge in [-0.1, -0.05) is 24.7 Å². The van der Waals surface area contributed by atoms with E-state index in [1.807, 2.05) is 4.90 Å². The molecule has 2 aromatic rings. The van der Waals surface area contributed by atoms with Gasteiger partial charge in [0.05, 0.1) is 5.92 Å². The third-order valence-corrected chi connectivity index (χ3v) is 5.07. The second-order valence-electron chi connectivity index (χ2n) is 6.00. The van der Waals surface area contributed by atoms with Crippen LogP contribution in [0.1, 0.15) is 32.6 Å². The summed E-state index contributed by atoms with van der Waals surface area (Å²) in [7, 11) is 0. The predicted molar refractivity (Wildman–Crippen MR) is 92.6 cm³/mol. The Hall–Kier alpha value is -2.16. The fourth-order valence-electron chi connectivity index (χ4n) is 3.06. The van der Waals surface area contributed by atoms with Crippen molar-refractivity contribution in [3.05, 3.63) is 21.7 Å². The number of carbonyl (C=O) groups is 1. The van der Waals surface area contributed by atoms with Crippen LogP contribution in [0.15, 0.2) is 11.6 Å². The zero-order valence-electron chi connectivity index (χ0n) is 13.6. The lowest BCUT2D eigenvalue weighted by molar-refractivity contribution is -0.389. The Morgan fingerprint density at radius 3 is 3.17 bits per heavy atom. The minimum absolute atomic E-state index is 0.0155. The fraction of sp³-hybridized carbons (Fsp3) is 0.600. The summed E-state index contributed by atoms with van der Waals surface area (Å²) in [5.41, 5.74) is 0. The van der Waals surface area contributed by atoms with Crippen LogP contribution >= 0.6 is 11.3 Å². The molecule has 1 aliphatic rings. The van der Waals surface area contributed by atoms with Gasteiger partial charge in [-0.2, -0.15) is 9.38 Å². The third-order valence-electron chi connectivity index (χ3n) is 4.31. The van der Waals surface area contributed by atoms with Gasteiger partial charge in [0.15, 0.2) is 0 Å². The number of aromatic nitrogens is 2. The summed E-state index contributed by atoms with van der Waals surface area (Å²) in [5.74, 6) is 0.253. The number of unbranched alkanes of at least 4 members (excludes halogenated alkanes) is 1. The number of anilines is 1. The number of imidazole rings is 1. The van der Waals surface area contributed by atoms with Crippen molar-refractivity contribution >= 4 is 33.8 Å². The number of carbonyl (C=O) groups excluding carboxylic acids is 1. The summed E-state index contributed by atoms with van der Waals surface area (Å²) in [4.78, 5) is 30.3. The van der Waals surface area contributed by atoms with E-state index in [1.165, 1.54) is 15.7 Å². The molecule has 3 heterocycles. The number of thiazole rings is 1. The lowest BCUT2D eigenvalue weighted by Crippen LogP contribution is -2.43. The van der Waals surface area contributed by atoms with Gasteiger partial charge in [0.1, 0.15) is 6.20 Å². The molecular formula is C15H21N5O3S. The number of nitrogens with one attached hydrogen (secondary N) is 1. The van der Waals surface area contributed by atoms with E-state index >= 15 is 0 Å². The molecule has 1 atom stereocenters. The largest absolute Gasteiger partial charge is 0.373 e. The molecule has 0 radical (unpaired) electrons. The van der Waals surface area contributed by atoms with Crippen molar-refractivity contribution in [1.82, 2.24) is 14.7 Å². The van der Waals surface area contributed by atoms with Gasteiger partial charge in [-0.15, -0.1) is 0 Å². The molecule has 0 saturated carbocycles. The smallest absolute Gasteiger partial charge is 0.358 e. The van der Waals surface area contributed by atoms with E-state index in [0.717, 1.165) is 25.7 Å². The van der Waals surface area contributed by atoms with Gasteiger partial charge in [-0.05, 0) is 24.2 Å². The van der Waals surface area contributed by atoms with E-state index < -0.39 is 4.92 Å². The van der Waals surface area contributed by atoms with Gasteiger partial charge in [-0.25, -0.2) is 0 Å². The van der Waals surface area contributed by atoms with Gasteiger partial charge in [0, 0.05) is 25.0 Å². The van der Waals surface area contributed by atoms with E-state index in [1.54, 1.807) is 11.6 Å². The predicted octanol–water partition coefficient (Wildman–Crippen LogP) is 2.44. The maximum Gasteiger partial charge on any atom is 0.373 e. The molecule has 0 bridgehead atoms. The fourth-order valence-corrected chi connectivity index (χ4v) is 3.76. The average Bonchev–Trinajstić information content (AvgIpc) is 3.15. The monoisotopic (exact) mass is 351 g/mol. The molecule has 1 fully saturated rings. The van der Waals surface area contributed by atoms with Crippen LogP contribution in [0.3, 0.4) is 0 Å². The standard InChI is InChI=1S/C15H21N5O3S/c1-2-3-6-16-13(21)11-5-4-7-18(10-11)12-14(20(22)23)19-8-9-24-15(19)17-12/h8-9,11H,2-7,10H2,1H3,(H,16,21). The zero-order valence-corrected chi connectivity index (χ0v) is 14.4. The number of amides is 1. The first kappa shape index (κ1) is 16.7. The molecule has 1 aliphatic heterocycles. The minimum atomic E-state index is -0.396. The molecule has 1 saturated heterocycles. The molecule has 24 heavy (non-hydrogen) atoms. The number of rotatable bonds is 6. The molecule has 3 rings (SSSR count). The van der Waals surface area contributed by atoms with Gasteiger partial charge in [0.2, 0.25) is 11.7 Å². The highest BCUT2D eigenvalue weighted by Gasteiger charge is 2.33. The highest BCUT2D eigenvalue weighted by atomic mass is 32.1. The Bertz CT molecular complexity index is 741. The maximum absolute atomic E-state index is 12.3. The first-order valence-electron chi connectivity index (χ1n) is 8.24. The molecule has 0 aliphatic carbocycles. The summed E-state index contributed by atoms with van der Waals surface area (Å²) in [5, 5.41) is 16.2. The number of hydrogen-bond acceptors (Lipinski definition) is 6. The van der Waals surface area contributed by atoms with Crippen LogP contribution < -0.4 is 10.2 Å². The first-order valence-corrected chi connectivity index (χ1v) is 9.12. The Labute approximate surface area is 143 Å². The number of hydrogen-bond donors (Lipinski definition) is 1. The minimum Gasteiger partial charge on any atom is -0.358 e. The SMILES string of the molecule is CCCCNC(=O)C1CCCN(c2nc3sccn3c2[N+](=O)[O-])C1. The third kappa shape index (κ3) is 3.21. The van der Waals surface area contributed by atoms with Crippen LogP contribution in [-0.2, 0) is 4.79 Å². The summed E-state index contributed by atoms with van der Waals surface area (Å²) >= 11 is 1.37. The number of nitro groups is 1. The van der Waals surface area contributed by atoms with Crippen LogP contribution in [0.2, 0.25) is 0 Å². The van der Waals surface area contributed by atoms with E-state index in [4.69, 9.17) is 0 Å². The van der Waals surface area contributed by atoms with Crippen molar-refractivity contribution in [2.24, 2.45) is 5.92 Å². The molecule has 1 amide bonds. The van der Waals surface area contributed by atoms with Crippen molar-refractivity contribution in [2.75, 3.05) is 24.5 Å². The van der Waals surface area contributed by atoms with Gasteiger partial charge < -0.3 is 20.3 Å². The summed E-state index contributed by atoms with van der Waals surface area (Å²) in [6.07, 6.45) is 5.30. The molecule has 8 nitrogen and oxygen atoms in total. The van der Waals surface area contributed by atoms with E-state index in [2.05, 4.69) is 17.2 Å². The maximum atomic E-state index is 12.3. The Kier molecular flexibility index (Phi) is 4.98. The molecule has 1 unspecified atom stereocenters. The van der Waals surface area contributed by atoms with Crippen molar-refractivity contribution in [1.29, 1.82) is 0 Å². The topological polar surface area (TPSA) is 92.8 Å². The van der Waals surface area contributed by atoms with E-state index in [-0.39, 0.29) is 17.6 Å². The van der Waals surface area contributed by atoms with Crippen LogP contribution in [0.25, 0.3) is 4.96 Å². The number of fused-ring (bicyclic) bond motifs is 1. The average molecular weight is 351 g/mol. The molecule has 1 N–H and O–H groups in total. The van der Waals surface area contributed by atoms with Crippen molar-refractivity contribution in [3.63, 3.8) is 0 Å². The highest BCUT2D eigenvalue weighted by molar-refractivity contribution is 7.15. The van der Waals surface area contributed by atoms with Crippen LogP contribution in [0, 0.1) is 16.0 Å². The van der Waals surface area contributed by atoms with E-state index in [9.17, 15) is 14.9 Å². The van der Waals surface area contributed by atoms with Gasteiger partial charge in [0.25, 0.3) is 4.96 Å². The quantitative estimate of drug-likeness (QED) is 0.490. The molecular weight excluding hydrogens is 330 g/mol. The second-order valence-corrected chi connectivity index (χ2v) is 6.87. The highest BCUT2D eigenvalue weighted by Crippen LogP contribution is 2.33.